The summed E-state index contributed by atoms with van der Waals surface area (Å²) in [5, 5.41) is 3.35. The van der Waals surface area contributed by atoms with E-state index in [1.54, 1.807) is 29.3 Å². The average molecular weight is 424 g/mol. The Labute approximate surface area is 180 Å². The lowest BCUT2D eigenvalue weighted by Gasteiger charge is -2.25. The number of halogens is 1. The highest BCUT2D eigenvalue weighted by molar-refractivity contribution is 6.32. The number of fused-ring (bicyclic) bond motifs is 1. The number of hydrogen-bond donors (Lipinski definition) is 1. The maximum Gasteiger partial charge on any atom is 0.246 e. The van der Waals surface area contributed by atoms with E-state index in [1.807, 2.05) is 30.3 Å². The van der Waals surface area contributed by atoms with Gasteiger partial charge in [-0.05, 0) is 53.8 Å². The predicted molar refractivity (Wildman–Crippen MR) is 116 cm³/mol. The monoisotopic (exact) mass is 423 g/mol. The number of hydrogen-bond acceptors (Lipinski definition) is 4. The molecule has 0 atom stereocenters. The summed E-state index contributed by atoms with van der Waals surface area (Å²) in [5.41, 5.74) is 3.00. The van der Waals surface area contributed by atoms with Gasteiger partial charge in [0.25, 0.3) is 0 Å². The number of amides is 2. The molecule has 0 bridgehead atoms. The van der Waals surface area contributed by atoms with E-state index in [2.05, 4.69) is 10.3 Å². The number of ether oxygens (including phenoxy) is 1. The van der Waals surface area contributed by atoms with Crippen molar-refractivity contribution in [1.29, 1.82) is 0 Å². The van der Waals surface area contributed by atoms with Gasteiger partial charge in [-0.25, -0.2) is 4.98 Å². The van der Waals surface area contributed by atoms with E-state index in [0.29, 0.717) is 49.1 Å². The molecule has 1 N–H and O–H groups in total. The Hall–Kier alpha value is -3.12. The molecule has 2 aliphatic heterocycles. The first kappa shape index (κ1) is 20.2. The van der Waals surface area contributed by atoms with Crippen molar-refractivity contribution >= 4 is 35.3 Å². The van der Waals surface area contributed by atoms with Gasteiger partial charge in [-0.3, -0.25) is 9.59 Å². The summed E-state index contributed by atoms with van der Waals surface area (Å²) in [5.74, 6) is 1.23. The summed E-state index contributed by atoms with van der Waals surface area (Å²) in [6.07, 6.45) is 8.94. The largest absolute Gasteiger partial charge is 0.488 e. The van der Waals surface area contributed by atoms with Gasteiger partial charge in [0, 0.05) is 31.8 Å². The second-order valence-corrected chi connectivity index (χ2v) is 7.68. The number of anilines is 1. The van der Waals surface area contributed by atoms with Crippen LogP contribution < -0.4 is 10.1 Å². The number of pyridine rings is 1. The van der Waals surface area contributed by atoms with Crippen molar-refractivity contribution in [3.63, 3.8) is 0 Å². The van der Waals surface area contributed by atoms with Crippen LogP contribution in [0, 0.1) is 0 Å². The molecular weight excluding hydrogens is 402 g/mol. The third-order valence-corrected chi connectivity index (χ3v) is 5.46. The van der Waals surface area contributed by atoms with Crippen LogP contribution in [-0.2, 0) is 16.0 Å². The average Bonchev–Trinajstić information content (AvgIpc) is 2.77. The van der Waals surface area contributed by atoms with Crippen LogP contribution in [0.3, 0.4) is 0 Å². The van der Waals surface area contributed by atoms with E-state index < -0.39 is 0 Å². The molecule has 0 unspecified atom stereocenters. The van der Waals surface area contributed by atoms with Crippen LogP contribution >= 0.6 is 11.6 Å². The fourth-order valence-electron chi connectivity index (χ4n) is 3.41. The Morgan fingerprint density at radius 2 is 2.13 bits per heavy atom. The number of aromatic nitrogens is 1. The number of benzene rings is 1. The molecule has 1 aromatic carbocycles. The Morgan fingerprint density at radius 3 is 2.93 bits per heavy atom. The molecular formula is C23H22ClN3O3. The molecule has 2 aromatic rings. The van der Waals surface area contributed by atoms with E-state index in [0.717, 1.165) is 23.1 Å². The molecule has 0 fully saturated rings. The maximum atomic E-state index is 12.5. The van der Waals surface area contributed by atoms with Gasteiger partial charge in [0.1, 0.15) is 18.2 Å². The van der Waals surface area contributed by atoms with Crippen molar-refractivity contribution in [3.8, 4) is 5.75 Å². The van der Waals surface area contributed by atoms with E-state index in [-0.39, 0.29) is 11.8 Å². The molecule has 7 heteroatoms. The quantitative estimate of drug-likeness (QED) is 0.585. The minimum absolute atomic E-state index is 0.0109. The van der Waals surface area contributed by atoms with Crippen molar-refractivity contribution in [2.45, 2.75) is 19.3 Å². The molecule has 1 aromatic heterocycles. The molecule has 0 spiro atoms. The smallest absolute Gasteiger partial charge is 0.246 e. The van der Waals surface area contributed by atoms with E-state index in [1.165, 1.54) is 0 Å². The second-order valence-electron chi connectivity index (χ2n) is 7.27. The topological polar surface area (TPSA) is 71.5 Å². The Balaban J connectivity index is 1.31. The Kier molecular flexibility index (Phi) is 6.14. The zero-order chi connectivity index (χ0) is 20.9. The number of carbonyl (C=O) groups excluding carboxylic acids is 2. The van der Waals surface area contributed by atoms with Crippen LogP contribution in [-0.4, -0.2) is 41.4 Å². The number of nitrogens with zero attached hydrogens (tertiary/aromatic N) is 2. The van der Waals surface area contributed by atoms with Crippen molar-refractivity contribution < 1.29 is 14.3 Å². The lowest BCUT2D eigenvalue weighted by Crippen LogP contribution is -2.34. The zero-order valence-corrected chi connectivity index (χ0v) is 17.2. The third-order valence-electron chi connectivity index (χ3n) is 5.15. The first-order valence-corrected chi connectivity index (χ1v) is 10.3. The minimum Gasteiger partial charge on any atom is -0.488 e. The number of para-hydroxylation sites is 1. The van der Waals surface area contributed by atoms with Crippen molar-refractivity contribution in [2.24, 2.45) is 0 Å². The zero-order valence-electron chi connectivity index (χ0n) is 16.4. The molecule has 0 aliphatic carbocycles. The van der Waals surface area contributed by atoms with Crippen LogP contribution in [0.4, 0.5) is 5.82 Å². The van der Waals surface area contributed by atoms with Gasteiger partial charge < -0.3 is 15.0 Å². The lowest BCUT2D eigenvalue weighted by atomic mass is 10.0. The first-order chi connectivity index (χ1) is 14.6. The SMILES string of the molecule is O=C1CCc2cc(/C=C/C(=O)N3CC=C(COc4ccccc4Cl)CC3)cnc2N1. The van der Waals surface area contributed by atoms with Crippen molar-refractivity contribution in [3.05, 3.63) is 70.4 Å². The second kappa shape index (κ2) is 9.13. The molecule has 3 heterocycles. The summed E-state index contributed by atoms with van der Waals surface area (Å²) in [4.78, 5) is 30.0. The summed E-state index contributed by atoms with van der Waals surface area (Å²) in [6, 6.07) is 9.36. The van der Waals surface area contributed by atoms with Gasteiger partial charge in [0.15, 0.2) is 0 Å². The van der Waals surface area contributed by atoms with Gasteiger partial charge in [0.2, 0.25) is 11.8 Å². The summed E-state index contributed by atoms with van der Waals surface area (Å²) in [7, 11) is 0. The number of carbonyl (C=O) groups is 2. The van der Waals surface area contributed by atoms with E-state index in [9.17, 15) is 9.59 Å². The molecule has 0 saturated heterocycles. The summed E-state index contributed by atoms with van der Waals surface area (Å²) >= 11 is 6.11. The van der Waals surface area contributed by atoms with Crippen molar-refractivity contribution in [1.82, 2.24) is 9.88 Å². The van der Waals surface area contributed by atoms with Crippen LogP contribution in [0.15, 0.2) is 54.3 Å². The Morgan fingerprint density at radius 1 is 1.27 bits per heavy atom. The molecule has 0 radical (unpaired) electrons. The van der Waals surface area contributed by atoms with Gasteiger partial charge in [0.05, 0.1) is 5.02 Å². The minimum atomic E-state index is -0.0386. The molecule has 6 nitrogen and oxygen atoms in total. The third kappa shape index (κ3) is 4.89. The fourth-order valence-corrected chi connectivity index (χ4v) is 3.60. The van der Waals surface area contributed by atoms with Crippen LogP contribution in [0.5, 0.6) is 5.75 Å². The normalized spacial score (nSPS) is 16.1. The number of rotatable bonds is 5. The molecule has 154 valence electrons. The fraction of sp³-hybridized carbons (Fsp3) is 0.261. The first-order valence-electron chi connectivity index (χ1n) is 9.89. The molecule has 30 heavy (non-hydrogen) atoms. The van der Waals surface area contributed by atoms with Crippen molar-refractivity contribution in [2.75, 3.05) is 25.0 Å². The van der Waals surface area contributed by atoms with E-state index in [4.69, 9.17) is 16.3 Å². The molecule has 4 rings (SSSR count). The van der Waals surface area contributed by atoms with Crippen LogP contribution in [0.1, 0.15) is 24.0 Å². The summed E-state index contributed by atoms with van der Waals surface area (Å²) < 4.78 is 5.78. The highest BCUT2D eigenvalue weighted by atomic mass is 35.5. The van der Waals surface area contributed by atoms with Gasteiger partial charge in [-0.15, -0.1) is 0 Å². The Bertz CT molecular complexity index is 1030. The maximum absolute atomic E-state index is 12.5. The van der Waals surface area contributed by atoms with Gasteiger partial charge >= 0.3 is 0 Å². The number of nitrogens with one attached hydrogen (secondary N) is 1. The molecule has 2 aliphatic rings. The summed E-state index contributed by atoms with van der Waals surface area (Å²) in [6.45, 7) is 1.67. The van der Waals surface area contributed by atoms with Gasteiger partial charge in [-0.2, -0.15) is 0 Å². The molecule has 2 amide bonds. The van der Waals surface area contributed by atoms with E-state index >= 15 is 0 Å². The number of aryl methyl sites for hydroxylation is 1. The highest BCUT2D eigenvalue weighted by Gasteiger charge is 2.17. The lowest BCUT2D eigenvalue weighted by molar-refractivity contribution is -0.125. The molecule has 0 saturated carbocycles. The van der Waals surface area contributed by atoms with Gasteiger partial charge in [-0.1, -0.05) is 29.8 Å². The highest BCUT2D eigenvalue weighted by Crippen LogP contribution is 2.24. The predicted octanol–water partition coefficient (Wildman–Crippen LogP) is 3.87. The van der Waals surface area contributed by atoms with Crippen LogP contribution in [0.2, 0.25) is 5.02 Å². The van der Waals surface area contributed by atoms with Crippen LogP contribution in [0.25, 0.3) is 6.08 Å². The standard InChI is InChI=1S/C23H22ClN3O3/c24-19-3-1-2-4-20(19)30-15-16-9-11-27(12-10-16)22(29)8-5-17-13-18-6-7-21(28)26-23(18)25-14-17/h1-5,8-9,13-14H,6-7,10-12,15H2,(H,25,26,28)/b8-5+.